The van der Waals surface area contributed by atoms with Gasteiger partial charge in [-0.15, -0.1) is 4.91 Å². The molecule has 0 amide bonds. The first-order valence-corrected chi connectivity index (χ1v) is 6.02. The van der Waals surface area contributed by atoms with Crippen LogP contribution >= 0.6 is 0 Å². The zero-order chi connectivity index (χ0) is 13.5. The molecule has 0 aromatic heterocycles. The number of hydrogen-bond donors (Lipinski definition) is 0. The SMILES string of the molecule is C[C@]1(c2ccccc2)C(=O)c2ccccc2N1N=O. The number of fused-ring (bicyclic) bond motifs is 1. The number of benzene rings is 2. The molecular weight excluding hydrogens is 240 g/mol. The fourth-order valence-corrected chi connectivity index (χ4v) is 2.59. The van der Waals surface area contributed by atoms with Crippen molar-refractivity contribution in [3.05, 3.63) is 70.6 Å². The number of anilines is 1. The summed E-state index contributed by atoms with van der Waals surface area (Å²) in [5.74, 6) is -0.103. The highest BCUT2D eigenvalue weighted by Gasteiger charge is 2.50. The minimum absolute atomic E-state index is 0.103. The maximum Gasteiger partial charge on any atom is 0.196 e. The number of Topliss-reactive ketones (excluding diaryl/α,β-unsaturated/α-hetero) is 1. The number of nitrogens with zero attached hydrogens (tertiary/aromatic N) is 2. The van der Waals surface area contributed by atoms with Crippen LogP contribution in [0.3, 0.4) is 0 Å². The van der Waals surface area contributed by atoms with Crippen molar-refractivity contribution in [2.75, 3.05) is 5.01 Å². The van der Waals surface area contributed by atoms with E-state index in [2.05, 4.69) is 5.29 Å². The van der Waals surface area contributed by atoms with E-state index < -0.39 is 5.54 Å². The Morgan fingerprint density at radius 2 is 1.63 bits per heavy atom. The molecule has 0 saturated carbocycles. The van der Waals surface area contributed by atoms with Gasteiger partial charge in [-0.2, -0.15) is 0 Å². The first kappa shape index (κ1) is 11.6. The summed E-state index contributed by atoms with van der Waals surface area (Å²) in [7, 11) is 0. The second-order valence-electron chi connectivity index (χ2n) is 4.68. The van der Waals surface area contributed by atoms with Crippen LogP contribution in [0.5, 0.6) is 0 Å². The Bertz CT molecular complexity index is 654. The summed E-state index contributed by atoms with van der Waals surface area (Å²) in [6, 6.07) is 16.3. The molecule has 94 valence electrons. The van der Waals surface area contributed by atoms with Gasteiger partial charge in [-0.1, -0.05) is 42.5 Å². The summed E-state index contributed by atoms with van der Waals surface area (Å²) in [6.45, 7) is 1.73. The van der Waals surface area contributed by atoms with Crippen molar-refractivity contribution in [1.82, 2.24) is 0 Å². The second kappa shape index (κ2) is 4.02. The minimum atomic E-state index is -1.06. The van der Waals surface area contributed by atoms with Gasteiger partial charge < -0.3 is 0 Å². The zero-order valence-corrected chi connectivity index (χ0v) is 10.4. The molecule has 0 radical (unpaired) electrons. The van der Waals surface area contributed by atoms with Crippen molar-refractivity contribution < 1.29 is 4.79 Å². The fraction of sp³-hybridized carbons (Fsp3) is 0.133. The summed E-state index contributed by atoms with van der Waals surface area (Å²) < 4.78 is 0. The predicted molar refractivity (Wildman–Crippen MR) is 72.8 cm³/mol. The minimum Gasteiger partial charge on any atom is -0.291 e. The fourth-order valence-electron chi connectivity index (χ4n) is 2.59. The zero-order valence-electron chi connectivity index (χ0n) is 10.4. The molecule has 3 rings (SSSR count). The van der Waals surface area contributed by atoms with Gasteiger partial charge in [0, 0.05) is 5.56 Å². The van der Waals surface area contributed by atoms with Gasteiger partial charge in [0.15, 0.2) is 11.3 Å². The van der Waals surface area contributed by atoms with Crippen molar-refractivity contribution in [3.63, 3.8) is 0 Å². The van der Waals surface area contributed by atoms with Crippen LogP contribution in [0.25, 0.3) is 0 Å². The molecule has 0 spiro atoms. The van der Waals surface area contributed by atoms with Crippen LogP contribution in [0.2, 0.25) is 0 Å². The molecule has 2 aromatic carbocycles. The molecule has 0 bridgehead atoms. The monoisotopic (exact) mass is 252 g/mol. The van der Waals surface area contributed by atoms with Gasteiger partial charge in [0.2, 0.25) is 0 Å². The Labute approximate surface area is 110 Å². The van der Waals surface area contributed by atoms with E-state index in [1.807, 2.05) is 30.3 Å². The van der Waals surface area contributed by atoms with Gasteiger partial charge in [-0.3, -0.25) is 4.79 Å². The van der Waals surface area contributed by atoms with E-state index in [1.165, 1.54) is 5.01 Å². The Kier molecular flexibility index (Phi) is 2.45. The number of rotatable bonds is 2. The topological polar surface area (TPSA) is 49.7 Å². The quantitative estimate of drug-likeness (QED) is 0.770. The maximum absolute atomic E-state index is 12.6. The second-order valence-corrected chi connectivity index (χ2v) is 4.68. The molecule has 1 atom stereocenters. The van der Waals surface area contributed by atoms with Crippen LogP contribution in [-0.2, 0) is 5.54 Å². The molecule has 1 aliphatic rings. The average Bonchev–Trinajstić information content (AvgIpc) is 2.70. The lowest BCUT2D eigenvalue weighted by atomic mass is 9.87. The molecule has 0 aliphatic carbocycles. The third kappa shape index (κ3) is 1.43. The lowest BCUT2D eigenvalue weighted by Gasteiger charge is -2.29. The summed E-state index contributed by atoms with van der Waals surface area (Å²) in [6.07, 6.45) is 0. The van der Waals surface area contributed by atoms with E-state index in [1.54, 1.807) is 31.2 Å². The summed E-state index contributed by atoms with van der Waals surface area (Å²) >= 11 is 0. The van der Waals surface area contributed by atoms with E-state index in [-0.39, 0.29) is 5.78 Å². The number of carbonyl (C=O) groups is 1. The van der Waals surface area contributed by atoms with Crippen LogP contribution in [0.1, 0.15) is 22.8 Å². The Balaban J connectivity index is 2.24. The lowest BCUT2D eigenvalue weighted by molar-refractivity contribution is 0.0911. The molecular formula is C15H12N2O2. The molecule has 4 nitrogen and oxygen atoms in total. The van der Waals surface area contributed by atoms with E-state index >= 15 is 0 Å². The van der Waals surface area contributed by atoms with Crippen molar-refractivity contribution in [1.29, 1.82) is 0 Å². The number of ketones is 1. The van der Waals surface area contributed by atoms with Crippen LogP contribution in [0.4, 0.5) is 5.69 Å². The predicted octanol–water partition coefficient (Wildman–Crippen LogP) is 3.29. The van der Waals surface area contributed by atoms with E-state index in [0.29, 0.717) is 11.3 Å². The van der Waals surface area contributed by atoms with Crippen molar-refractivity contribution in [2.24, 2.45) is 5.29 Å². The number of para-hydroxylation sites is 1. The highest BCUT2D eigenvalue weighted by molar-refractivity contribution is 6.13. The normalized spacial score (nSPS) is 21.3. The van der Waals surface area contributed by atoms with Crippen molar-refractivity contribution in [3.8, 4) is 0 Å². The maximum atomic E-state index is 12.6. The van der Waals surface area contributed by atoms with Gasteiger partial charge in [-0.05, 0) is 24.6 Å². The van der Waals surface area contributed by atoms with Gasteiger partial charge in [-0.25, -0.2) is 5.01 Å². The largest absolute Gasteiger partial charge is 0.291 e. The van der Waals surface area contributed by atoms with E-state index in [4.69, 9.17) is 0 Å². The van der Waals surface area contributed by atoms with Crippen molar-refractivity contribution in [2.45, 2.75) is 12.5 Å². The van der Waals surface area contributed by atoms with E-state index in [0.717, 1.165) is 5.56 Å². The molecule has 0 fully saturated rings. The number of carbonyl (C=O) groups excluding carboxylic acids is 1. The molecule has 0 saturated heterocycles. The summed E-state index contributed by atoms with van der Waals surface area (Å²) in [5, 5.41) is 4.34. The van der Waals surface area contributed by atoms with Gasteiger partial charge in [0.1, 0.15) is 0 Å². The molecule has 1 aliphatic heterocycles. The highest BCUT2D eigenvalue weighted by atomic mass is 16.3. The highest BCUT2D eigenvalue weighted by Crippen LogP contribution is 2.44. The van der Waals surface area contributed by atoms with E-state index in [9.17, 15) is 9.70 Å². The molecule has 1 heterocycles. The molecule has 0 N–H and O–H groups in total. The molecule has 4 heteroatoms. The number of nitroso groups, excluding NO2 is 1. The summed E-state index contributed by atoms with van der Waals surface area (Å²) in [5.41, 5.74) is 0.797. The van der Waals surface area contributed by atoms with Gasteiger partial charge in [0.05, 0.1) is 11.0 Å². The van der Waals surface area contributed by atoms with Crippen molar-refractivity contribution >= 4 is 11.5 Å². The Hall–Kier alpha value is -2.49. The van der Waals surface area contributed by atoms with Crippen LogP contribution in [-0.4, -0.2) is 5.78 Å². The standard InChI is InChI=1S/C15H12N2O2/c1-15(11-7-3-2-4-8-11)14(18)12-9-5-6-10-13(12)17(15)16-19/h2-10H,1H3/t15-/m0/s1. The summed E-state index contributed by atoms with van der Waals surface area (Å²) in [4.78, 5) is 23.9. The first-order chi connectivity index (χ1) is 9.19. The Morgan fingerprint density at radius 3 is 2.32 bits per heavy atom. The lowest BCUT2D eigenvalue weighted by Crippen LogP contribution is -2.41. The Morgan fingerprint density at radius 1 is 1.00 bits per heavy atom. The van der Waals surface area contributed by atoms with Gasteiger partial charge >= 0.3 is 0 Å². The van der Waals surface area contributed by atoms with Crippen LogP contribution in [0, 0.1) is 4.91 Å². The first-order valence-electron chi connectivity index (χ1n) is 6.02. The average molecular weight is 252 g/mol. The number of hydrogen-bond acceptors (Lipinski definition) is 3. The molecule has 19 heavy (non-hydrogen) atoms. The molecule has 0 unspecified atom stereocenters. The van der Waals surface area contributed by atoms with Gasteiger partial charge in [0.25, 0.3) is 0 Å². The van der Waals surface area contributed by atoms with Crippen LogP contribution < -0.4 is 5.01 Å². The smallest absolute Gasteiger partial charge is 0.196 e. The molecule has 2 aromatic rings. The van der Waals surface area contributed by atoms with Crippen LogP contribution in [0.15, 0.2) is 59.9 Å². The third-order valence-electron chi connectivity index (χ3n) is 3.66. The third-order valence-corrected chi connectivity index (χ3v) is 3.66.